The first-order valence-corrected chi connectivity index (χ1v) is 14.1. The number of thiazole rings is 1. The van der Waals surface area contributed by atoms with Gasteiger partial charge < -0.3 is 19.3 Å². The summed E-state index contributed by atoms with van der Waals surface area (Å²) in [4.78, 5) is 45.5. The van der Waals surface area contributed by atoms with E-state index in [9.17, 15) is 19.5 Å². The van der Waals surface area contributed by atoms with Crippen LogP contribution in [0.3, 0.4) is 0 Å². The number of aliphatic hydroxyl groups is 1. The number of carbonyl (C=O) groups excluding carboxylic acids is 3. The van der Waals surface area contributed by atoms with E-state index in [2.05, 4.69) is 18.5 Å². The average Bonchev–Trinajstić information content (AvgIpc) is 3.50. The Morgan fingerprint density at radius 3 is 2.59 bits per heavy atom. The minimum atomic E-state index is -1.03. The van der Waals surface area contributed by atoms with Gasteiger partial charge in [0, 0.05) is 5.56 Å². The number of hydrogen-bond acceptors (Lipinski definition) is 9. The number of hydrogen-bond donors (Lipinski definition) is 1. The number of carbonyl (C=O) groups is 3. The summed E-state index contributed by atoms with van der Waals surface area (Å²) >= 11 is 0.938. The number of benzene rings is 2. The van der Waals surface area contributed by atoms with E-state index in [0.717, 1.165) is 30.6 Å². The van der Waals surface area contributed by atoms with Gasteiger partial charge in [-0.15, -0.1) is 0 Å². The third-order valence-electron chi connectivity index (χ3n) is 6.51. The topological polar surface area (TPSA) is 115 Å². The number of aromatic nitrogens is 1. The summed E-state index contributed by atoms with van der Waals surface area (Å²) in [6.07, 6.45) is 4.42. The molecule has 41 heavy (non-hydrogen) atoms. The van der Waals surface area contributed by atoms with Gasteiger partial charge in [0.1, 0.15) is 28.7 Å². The lowest BCUT2D eigenvalue weighted by atomic mass is 9.95. The highest BCUT2D eigenvalue weighted by molar-refractivity contribution is 7.17. The number of ketones is 1. The maximum Gasteiger partial charge on any atom is 0.350 e. The monoisotopic (exact) mass is 576 g/mol. The number of unbranched alkanes of at least 4 members (excludes halogenated alkanes) is 2. The molecule has 1 aliphatic rings. The molecule has 2 heterocycles. The van der Waals surface area contributed by atoms with Crippen LogP contribution in [0.1, 0.15) is 58.7 Å². The van der Waals surface area contributed by atoms with Crippen LogP contribution in [0.5, 0.6) is 11.5 Å². The molecule has 0 spiro atoms. The minimum Gasteiger partial charge on any atom is -0.507 e. The predicted octanol–water partition coefficient (Wildman–Crippen LogP) is 6.00. The third kappa shape index (κ3) is 6.33. The second-order valence-electron chi connectivity index (χ2n) is 9.32. The fourth-order valence-corrected chi connectivity index (χ4v) is 5.43. The first kappa shape index (κ1) is 29.5. The molecular formula is C31H32N2O7S. The van der Waals surface area contributed by atoms with E-state index in [-0.39, 0.29) is 27.9 Å². The Morgan fingerprint density at radius 1 is 1.15 bits per heavy atom. The van der Waals surface area contributed by atoms with Crippen molar-refractivity contribution >= 4 is 39.9 Å². The molecule has 1 aromatic heterocycles. The van der Waals surface area contributed by atoms with Crippen LogP contribution in [0.4, 0.5) is 5.13 Å². The molecule has 3 aromatic rings. The van der Waals surface area contributed by atoms with Gasteiger partial charge in [0.15, 0.2) is 5.13 Å². The van der Waals surface area contributed by atoms with Gasteiger partial charge in [0.25, 0.3) is 5.78 Å². The zero-order valence-electron chi connectivity index (χ0n) is 23.2. The van der Waals surface area contributed by atoms with Crippen LogP contribution in [-0.4, -0.2) is 48.1 Å². The van der Waals surface area contributed by atoms with Gasteiger partial charge in [-0.2, -0.15) is 0 Å². The summed E-state index contributed by atoms with van der Waals surface area (Å²) in [6, 6.07) is 12.5. The van der Waals surface area contributed by atoms with Gasteiger partial charge in [-0.05, 0) is 55.3 Å². The Bertz CT molecular complexity index is 1480. The van der Waals surface area contributed by atoms with Gasteiger partial charge >= 0.3 is 11.9 Å². The van der Waals surface area contributed by atoms with Crippen molar-refractivity contribution in [2.75, 3.05) is 25.2 Å². The zero-order chi connectivity index (χ0) is 29.5. The lowest BCUT2D eigenvalue weighted by molar-refractivity contribution is -0.132. The zero-order valence-corrected chi connectivity index (χ0v) is 24.0. The smallest absolute Gasteiger partial charge is 0.350 e. The fraction of sp³-hybridized carbons (Fsp3) is 0.290. The van der Waals surface area contributed by atoms with Crippen molar-refractivity contribution in [3.63, 3.8) is 0 Å². The van der Waals surface area contributed by atoms with Crippen LogP contribution in [0.25, 0.3) is 5.76 Å². The summed E-state index contributed by atoms with van der Waals surface area (Å²) in [5, 5.41) is 11.5. The highest BCUT2D eigenvalue weighted by atomic mass is 32.1. The van der Waals surface area contributed by atoms with Crippen LogP contribution < -0.4 is 14.4 Å². The van der Waals surface area contributed by atoms with Crippen LogP contribution in [0, 0.1) is 6.92 Å². The van der Waals surface area contributed by atoms with Crippen molar-refractivity contribution in [3.05, 3.63) is 88.5 Å². The second kappa shape index (κ2) is 13.3. The molecule has 0 aliphatic carbocycles. The first-order valence-electron chi connectivity index (χ1n) is 13.2. The molecule has 0 saturated carbocycles. The van der Waals surface area contributed by atoms with Crippen molar-refractivity contribution in [1.82, 2.24) is 4.98 Å². The summed E-state index contributed by atoms with van der Waals surface area (Å²) in [5.74, 6) is -1.56. The lowest BCUT2D eigenvalue weighted by Gasteiger charge is -2.23. The Hall–Kier alpha value is -4.44. The minimum absolute atomic E-state index is 0.0168. The standard InChI is InChI=1S/C31H32N2O7S/c1-5-7-8-17-39-23-11-9-10-21(18-23)25-24(26(34)20-12-14-22(38-4)15-13-20)27(35)29(36)33(25)31-32-19(3)28(41-31)30(37)40-16-6-2/h6,9-15,18,25,34H,2,5,7-8,16-17H2,1,3-4H3. The Kier molecular flexibility index (Phi) is 9.57. The number of aryl methyl sites for hydroxylation is 1. The lowest BCUT2D eigenvalue weighted by Crippen LogP contribution is -2.29. The maximum absolute atomic E-state index is 13.5. The van der Waals surface area contributed by atoms with Crippen LogP contribution >= 0.6 is 11.3 Å². The van der Waals surface area contributed by atoms with Gasteiger partial charge in [-0.25, -0.2) is 9.78 Å². The van der Waals surface area contributed by atoms with E-state index >= 15 is 0 Å². The number of rotatable bonds is 12. The molecule has 0 radical (unpaired) electrons. The number of aliphatic hydroxyl groups excluding tert-OH is 1. The third-order valence-corrected chi connectivity index (χ3v) is 7.64. The molecule has 1 amide bonds. The SMILES string of the molecule is C=CCOC(=O)c1sc(N2C(=O)C(=O)C(=C(O)c3ccc(OC)cc3)C2c2cccc(OCCCCC)c2)nc1C. The van der Waals surface area contributed by atoms with Crippen molar-refractivity contribution in [3.8, 4) is 11.5 Å². The van der Waals surface area contributed by atoms with Crippen molar-refractivity contribution in [2.45, 2.75) is 39.2 Å². The van der Waals surface area contributed by atoms with Crippen LogP contribution in [0.2, 0.25) is 0 Å². The largest absolute Gasteiger partial charge is 0.507 e. The van der Waals surface area contributed by atoms with E-state index in [1.54, 1.807) is 55.5 Å². The summed E-state index contributed by atoms with van der Waals surface area (Å²) in [5.41, 5.74) is 1.12. The Morgan fingerprint density at radius 2 is 1.90 bits per heavy atom. The maximum atomic E-state index is 13.5. The molecule has 214 valence electrons. The molecule has 9 nitrogen and oxygen atoms in total. The van der Waals surface area contributed by atoms with Crippen molar-refractivity contribution in [2.24, 2.45) is 0 Å². The van der Waals surface area contributed by atoms with Gasteiger partial charge in [0.05, 0.1) is 31.0 Å². The highest BCUT2D eigenvalue weighted by Crippen LogP contribution is 2.44. The van der Waals surface area contributed by atoms with E-state index in [1.807, 2.05) is 0 Å². The van der Waals surface area contributed by atoms with Crippen molar-refractivity contribution < 1.29 is 33.7 Å². The molecule has 1 atom stereocenters. The molecule has 1 unspecified atom stereocenters. The van der Waals surface area contributed by atoms with Gasteiger partial charge in [0.2, 0.25) is 0 Å². The fourth-order valence-electron chi connectivity index (χ4n) is 4.44. The molecule has 4 rings (SSSR count). The molecule has 1 saturated heterocycles. The number of methoxy groups -OCH3 is 1. The van der Waals surface area contributed by atoms with Gasteiger partial charge in [-0.1, -0.05) is 55.9 Å². The molecule has 1 N–H and O–H groups in total. The number of amides is 1. The number of anilines is 1. The number of Topliss-reactive ketones (excluding diaryl/α,β-unsaturated/α-hetero) is 1. The molecule has 10 heteroatoms. The number of ether oxygens (including phenoxy) is 3. The molecule has 2 aromatic carbocycles. The quantitative estimate of drug-likeness (QED) is 0.0697. The summed E-state index contributed by atoms with van der Waals surface area (Å²) in [6.45, 7) is 7.81. The average molecular weight is 577 g/mol. The molecule has 1 fully saturated rings. The van der Waals surface area contributed by atoms with Gasteiger partial charge in [-0.3, -0.25) is 14.5 Å². The van der Waals surface area contributed by atoms with E-state index in [4.69, 9.17) is 14.2 Å². The summed E-state index contributed by atoms with van der Waals surface area (Å²) in [7, 11) is 1.52. The normalized spacial score (nSPS) is 16.1. The second-order valence-corrected chi connectivity index (χ2v) is 10.3. The highest BCUT2D eigenvalue weighted by Gasteiger charge is 2.48. The van der Waals surface area contributed by atoms with Crippen LogP contribution in [0.15, 0.2) is 66.8 Å². The van der Waals surface area contributed by atoms with Crippen LogP contribution in [-0.2, 0) is 14.3 Å². The number of nitrogens with zero attached hydrogens (tertiary/aromatic N) is 2. The first-order chi connectivity index (χ1) is 19.8. The van der Waals surface area contributed by atoms with E-state index < -0.39 is 23.7 Å². The van der Waals surface area contributed by atoms with E-state index in [1.165, 1.54) is 18.1 Å². The summed E-state index contributed by atoms with van der Waals surface area (Å²) < 4.78 is 16.3. The van der Waals surface area contributed by atoms with E-state index in [0.29, 0.717) is 34.9 Å². The molecule has 0 bridgehead atoms. The Balaban J connectivity index is 1.83. The molecule has 1 aliphatic heterocycles. The Labute approximate surface area is 242 Å². The predicted molar refractivity (Wildman–Crippen MR) is 157 cm³/mol. The number of esters is 1. The molecular weight excluding hydrogens is 544 g/mol. The van der Waals surface area contributed by atoms with Crippen molar-refractivity contribution in [1.29, 1.82) is 0 Å².